The molecule has 0 saturated carbocycles. The molecule has 0 saturated heterocycles. The van der Waals surface area contributed by atoms with E-state index in [0.29, 0.717) is 6.61 Å². The number of carbonyl (C=O) groups excluding carboxylic acids is 2. The highest BCUT2D eigenvalue weighted by Gasteiger charge is 2.14. The SMILES string of the molecule is C=CCOC(=O)N(C)CC(=O)OCCCCCC. The fourth-order valence-electron chi connectivity index (χ4n) is 1.26. The van der Waals surface area contributed by atoms with Crippen molar-refractivity contribution in [1.82, 2.24) is 4.90 Å². The highest BCUT2D eigenvalue weighted by molar-refractivity contribution is 5.77. The van der Waals surface area contributed by atoms with Gasteiger partial charge >= 0.3 is 12.1 Å². The number of hydrogen-bond acceptors (Lipinski definition) is 4. The number of rotatable bonds is 9. The second-order valence-corrected chi connectivity index (χ2v) is 4.00. The quantitative estimate of drug-likeness (QED) is 0.361. The molecule has 5 nitrogen and oxygen atoms in total. The van der Waals surface area contributed by atoms with Crippen LogP contribution in [0.1, 0.15) is 32.6 Å². The van der Waals surface area contributed by atoms with Crippen molar-refractivity contribution in [3.05, 3.63) is 12.7 Å². The lowest BCUT2D eigenvalue weighted by atomic mass is 10.2. The van der Waals surface area contributed by atoms with Gasteiger partial charge in [0.15, 0.2) is 0 Å². The Morgan fingerprint density at radius 2 is 1.94 bits per heavy atom. The van der Waals surface area contributed by atoms with Crippen LogP contribution in [0.25, 0.3) is 0 Å². The van der Waals surface area contributed by atoms with Crippen molar-refractivity contribution in [2.24, 2.45) is 0 Å². The van der Waals surface area contributed by atoms with Crippen LogP contribution in [0.4, 0.5) is 4.79 Å². The summed E-state index contributed by atoms with van der Waals surface area (Å²) >= 11 is 0. The molecule has 0 spiro atoms. The maximum atomic E-state index is 11.4. The smallest absolute Gasteiger partial charge is 0.410 e. The van der Waals surface area contributed by atoms with Crippen molar-refractivity contribution < 1.29 is 19.1 Å². The number of likely N-dealkylation sites (N-methyl/N-ethyl adjacent to an activating group) is 1. The normalized spacial score (nSPS) is 9.67. The lowest BCUT2D eigenvalue weighted by Crippen LogP contribution is -2.33. The average molecular weight is 257 g/mol. The van der Waals surface area contributed by atoms with Crippen LogP contribution >= 0.6 is 0 Å². The van der Waals surface area contributed by atoms with Crippen LogP contribution in [0, 0.1) is 0 Å². The van der Waals surface area contributed by atoms with Gasteiger partial charge in [0.2, 0.25) is 0 Å². The lowest BCUT2D eigenvalue weighted by molar-refractivity contribution is -0.144. The first-order chi connectivity index (χ1) is 8.61. The predicted molar refractivity (Wildman–Crippen MR) is 69.3 cm³/mol. The van der Waals surface area contributed by atoms with Crippen molar-refractivity contribution in [2.75, 3.05) is 26.8 Å². The second-order valence-electron chi connectivity index (χ2n) is 4.00. The number of amides is 1. The molecule has 0 N–H and O–H groups in total. The summed E-state index contributed by atoms with van der Waals surface area (Å²) in [7, 11) is 1.49. The molecule has 0 aromatic carbocycles. The first kappa shape index (κ1) is 16.5. The van der Waals surface area contributed by atoms with Gasteiger partial charge in [0.25, 0.3) is 0 Å². The third-order valence-electron chi connectivity index (χ3n) is 2.26. The maximum Gasteiger partial charge on any atom is 0.410 e. The van der Waals surface area contributed by atoms with Crippen molar-refractivity contribution in [2.45, 2.75) is 32.6 Å². The minimum Gasteiger partial charge on any atom is -0.464 e. The van der Waals surface area contributed by atoms with Gasteiger partial charge in [-0.25, -0.2) is 4.79 Å². The van der Waals surface area contributed by atoms with Gasteiger partial charge in [-0.05, 0) is 6.42 Å². The van der Waals surface area contributed by atoms with E-state index in [1.807, 2.05) is 0 Å². The van der Waals surface area contributed by atoms with Gasteiger partial charge in [0, 0.05) is 7.05 Å². The molecule has 0 aliphatic carbocycles. The Bertz CT molecular complexity index is 266. The molecule has 104 valence electrons. The van der Waals surface area contributed by atoms with Crippen LogP contribution in [0.15, 0.2) is 12.7 Å². The molecule has 1 amide bonds. The maximum absolute atomic E-state index is 11.4. The monoisotopic (exact) mass is 257 g/mol. The Kier molecular flexibility index (Phi) is 9.73. The van der Waals surface area contributed by atoms with Gasteiger partial charge in [-0.3, -0.25) is 4.79 Å². The Labute approximate surface area is 109 Å². The zero-order chi connectivity index (χ0) is 13.8. The molecule has 0 aliphatic heterocycles. The standard InChI is InChI=1S/C13H23NO4/c1-4-6-7-8-10-17-12(15)11-14(3)13(16)18-9-5-2/h5H,2,4,6-11H2,1,3H3. The average Bonchev–Trinajstić information content (AvgIpc) is 2.35. The zero-order valence-corrected chi connectivity index (χ0v) is 11.3. The predicted octanol–water partition coefficient (Wildman–Crippen LogP) is 2.36. The third-order valence-corrected chi connectivity index (χ3v) is 2.26. The van der Waals surface area contributed by atoms with E-state index in [-0.39, 0.29) is 13.2 Å². The van der Waals surface area contributed by atoms with Crippen molar-refractivity contribution in [3.63, 3.8) is 0 Å². The van der Waals surface area contributed by atoms with E-state index in [1.54, 1.807) is 0 Å². The highest BCUT2D eigenvalue weighted by atomic mass is 16.6. The molecule has 0 unspecified atom stereocenters. The van der Waals surface area contributed by atoms with Crippen LogP contribution in [0.3, 0.4) is 0 Å². The van der Waals surface area contributed by atoms with Gasteiger partial charge in [-0.2, -0.15) is 0 Å². The summed E-state index contributed by atoms with van der Waals surface area (Å²) in [4.78, 5) is 23.9. The van der Waals surface area contributed by atoms with Crippen molar-refractivity contribution in [1.29, 1.82) is 0 Å². The number of hydrogen-bond donors (Lipinski definition) is 0. The minimum atomic E-state index is -0.558. The molecule has 0 aromatic heterocycles. The molecular formula is C13H23NO4. The van der Waals surface area contributed by atoms with Crippen molar-refractivity contribution >= 4 is 12.1 Å². The summed E-state index contributed by atoms with van der Waals surface area (Å²) in [6.45, 7) is 6.00. The fourth-order valence-corrected chi connectivity index (χ4v) is 1.26. The van der Waals surface area contributed by atoms with Gasteiger partial charge < -0.3 is 14.4 Å². The van der Waals surface area contributed by atoms with E-state index in [4.69, 9.17) is 9.47 Å². The Balaban J connectivity index is 3.66. The Hall–Kier alpha value is -1.52. The van der Waals surface area contributed by atoms with Crippen LogP contribution in [-0.4, -0.2) is 43.8 Å². The third kappa shape index (κ3) is 8.61. The topological polar surface area (TPSA) is 55.8 Å². The molecule has 0 aromatic rings. The molecule has 0 rings (SSSR count). The summed E-state index contributed by atoms with van der Waals surface area (Å²) in [6.07, 6.45) is 5.12. The number of unbranched alkanes of at least 4 members (excludes halogenated alkanes) is 3. The number of esters is 1. The largest absolute Gasteiger partial charge is 0.464 e. The molecular weight excluding hydrogens is 234 g/mol. The Morgan fingerprint density at radius 3 is 2.56 bits per heavy atom. The van der Waals surface area contributed by atoms with Gasteiger partial charge in [0.1, 0.15) is 13.2 Å². The summed E-state index contributed by atoms with van der Waals surface area (Å²) in [6, 6.07) is 0. The van der Waals surface area contributed by atoms with Gasteiger partial charge in [-0.1, -0.05) is 38.8 Å². The summed E-state index contributed by atoms with van der Waals surface area (Å²) in [5.74, 6) is -0.412. The first-order valence-electron chi connectivity index (χ1n) is 6.26. The number of ether oxygens (including phenoxy) is 2. The van der Waals surface area contributed by atoms with E-state index >= 15 is 0 Å². The molecule has 0 radical (unpaired) electrons. The zero-order valence-electron chi connectivity index (χ0n) is 11.3. The van der Waals surface area contributed by atoms with Crippen LogP contribution in [0.2, 0.25) is 0 Å². The molecule has 0 bridgehead atoms. The number of nitrogens with zero attached hydrogens (tertiary/aromatic N) is 1. The molecule has 5 heteroatoms. The summed E-state index contributed by atoms with van der Waals surface area (Å²) < 4.78 is 9.78. The first-order valence-corrected chi connectivity index (χ1v) is 6.26. The van der Waals surface area contributed by atoms with E-state index in [9.17, 15) is 9.59 Å². The molecule has 0 fully saturated rings. The molecule has 0 aliphatic rings. The van der Waals surface area contributed by atoms with E-state index in [0.717, 1.165) is 25.7 Å². The lowest BCUT2D eigenvalue weighted by Gasteiger charge is -2.15. The summed E-state index contributed by atoms with van der Waals surface area (Å²) in [5.41, 5.74) is 0. The fraction of sp³-hybridized carbons (Fsp3) is 0.692. The highest BCUT2D eigenvalue weighted by Crippen LogP contribution is 1.99. The summed E-state index contributed by atoms with van der Waals surface area (Å²) in [5, 5.41) is 0. The minimum absolute atomic E-state index is 0.0935. The van der Waals surface area contributed by atoms with Gasteiger partial charge in [0.05, 0.1) is 6.61 Å². The van der Waals surface area contributed by atoms with Gasteiger partial charge in [-0.15, -0.1) is 0 Å². The Morgan fingerprint density at radius 1 is 1.22 bits per heavy atom. The number of carbonyl (C=O) groups is 2. The van der Waals surface area contributed by atoms with Crippen LogP contribution in [0.5, 0.6) is 0 Å². The molecule has 0 atom stereocenters. The van der Waals surface area contributed by atoms with E-state index in [2.05, 4.69) is 13.5 Å². The van der Waals surface area contributed by atoms with Crippen molar-refractivity contribution in [3.8, 4) is 0 Å². The molecule has 18 heavy (non-hydrogen) atoms. The molecule has 0 heterocycles. The van der Waals surface area contributed by atoms with Crippen LogP contribution in [-0.2, 0) is 14.3 Å². The second kappa shape index (κ2) is 10.6. The van der Waals surface area contributed by atoms with E-state index < -0.39 is 12.1 Å². The van der Waals surface area contributed by atoms with E-state index in [1.165, 1.54) is 18.0 Å². The van der Waals surface area contributed by atoms with Crippen LogP contribution < -0.4 is 0 Å².